The van der Waals surface area contributed by atoms with Gasteiger partial charge in [-0.05, 0) is 24.7 Å². The minimum absolute atomic E-state index is 0.569. The summed E-state index contributed by atoms with van der Waals surface area (Å²) in [5.41, 5.74) is 4.64. The van der Waals surface area contributed by atoms with Gasteiger partial charge in [0.2, 0.25) is 0 Å². The van der Waals surface area contributed by atoms with Crippen LogP contribution in [0.3, 0.4) is 0 Å². The molecule has 0 saturated heterocycles. The quantitative estimate of drug-likeness (QED) is 0.652. The lowest BCUT2D eigenvalue weighted by Crippen LogP contribution is -2.18. The van der Waals surface area contributed by atoms with E-state index >= 15 is 0 Å². The van der Waals surface area contributed by atoms with Crippen molar-refractivity contribution in [2.75, 3.05) is 12.5 Å². The van der Waals surface area contributed by atoms with E-state index in [4.69, 9.17) is 5.84 Å². The number of anilines is 1. The highest BCUT2D eigenvalue weighted by atomic mass is 79.9. The van der Waals surface area contributed by atoms with Crippen LogP contribution in [0.25, 0.3) is 0 Å². The Labute approximate surface area is 121 Å². The second-order valence-corrected chi connectivity index (χ2v) is 5.25. The first-order chi connectivity index (χ1) is 9.17. The van der Waals surface area contributed by atoms with Gasteiger partial charge < -0.3 is 5.43 Å². The maximum atomic E-state index is 5.25. The summed E-state index contributed by atoms with van der Waals surface area (Å²) in [7, 11) is 2.05. The lowest BCUT2D eigenvalue weighted by atomic mass is 10.2. The molecule has 1 heterocycles. The monoisotopic (exact) mass is 321 g/mol. The summed E-state index contributed by atoms with van der Waals surface area (Å²) in [5, 5.41) is 0. The molecule has 0 atom stereocenters. The smallest absolute Gasteiger partial charge is 0.158 e. The van der Waals surface area contributed by atoms with Crippen LogP contribution in [0.15, 0.2) is 41.1 Å². The molecule has 3 N–H and O–H groups in total. The van der Waals surface area contributed by atoms with Gasteiger partial charge in [-0.15, -0.1) is 0 Å². The predicted molar refractivity (Wildman–Crippen MR) is 79.2 cm³/mol. The van der Waals surface area contributed by atoms with Gasteiger partial charge in [0.1, 0.15) is 0 Å². The average molecular weight is 322 g/mol. The van der Waals surface area contributed by atoms with Crippen molar-refractivity contribution in [3.63, 3.8) is 0 Å². The zero-order valence-corrected chi connectivity index (χ0v) is 12.3. The maximum absolute atomic E-state index is 5.25. The molecule has 6 heteroatoms. The zero-order valence-electron chi connectivity index (χ0n) is 10.7. The molecule has 0 amide bonds. The van der Waals surface area contributed by atoms with Crippen LogP contribution < -0.4 is 11.3 Å². The normalized spacial score (nSPS) is 10.7. The number of nitrogen functional groups attached to an aromatic ring is 1. The number of nitrogens with zero attached hydrogens (tertiary/aromatic N) is 3. The van der Waals surface area contributed by atoms with Crippen molar-refractivity contribution >= 4 is 21.7 Å². The first-order valence-electron chi connectivity index (χ1n) is 5.88. The Balaban J connectivity index is 1.92. The molecular weight excluding hydrogens is 306 g/mol. The fourth-order valence-corrected chi connectivity index (χ4v) is 2.01. The van der Waals surface area contributed by atoms with E-state index in [1.807, 2.05) is 12.1 Å². The van der Waals surface area contributed by atoms with E-state index < -0.39 is 0 Å². The Morgan fingerprint density at radius 3 is 2.47 bits per heavy atom. The number of benzene rings is 1. The van der Waals surface area contributed by atoms with Gasteiger partial charge in [0.15, 0.2) is 5.82 Å². The van der Waals surface area contributed by atoms with E-state index in [1.54, 1.807) is 12.4 Å². The molecule has 2 rings (SSSR count). The number of nitrogens with one attached hydrogen (secondary N) is 1. The Morgan fingerprint density at radius 1 is 1.16 bits per heavy atom. The van der Waals surface area contributed by atoms with E-state index in [1.165, 1.54) is 5.56 Å². The average Bonchev–Trinajstić information content (AvgIpc) is 2.42. The van der Waals surface area contributed by atoms with Crippen molar-refractivity contribution in [2.24, 2.45) is 5.84 Å². The molecular formula is C13H16BrN5. The van der Waals surface area contributed by atoms with Crippen LogP contribution in [0.4, 0.5) is 5.82 Å². The molecule has 19 heavy (non-hydrogen) atoms. The van der Waals surface area contributed by atoms with Crippen molar-refractivity contribution < 1.29 is 0 Å². The lowest BCUT2D eigenvalue weighted by Gasteiger charge is -2.16. The third-order valence-corrected chi connectivity index (χ3v) is 3.18. The molecule has 1 aromatic heterocycles. The summed E-state index contributed by atoms with van der Waals surface area (Å²) in [4.78, 5) is 10.6. The summed E-state index contributed by atoms with van der Waals surface area (Å²) < 4.78 is 1.09. The van der Waals surface area contributed by atoms with Crippen LogP contribution in [0.1, 0.15) is 11.3 Å². The second kappa shape index (κ2) is 6.60. The Kier molecular flexibility index (Phi) is 4.84. The van der Waals surface area contributed by atoms with Crippen molar-refractivity contribution in [1.29, 1.82) is 0 Å². The molecule has 0 aliphatic heterocycles. The summed E-state index contributed by atoms with van der Waals surface area (Å²) >= 11 is 3.43. The number of nitrogens with two attached hydrogens (primary N) is 1. The van der Waals surface area contributed by atoms with E-state index in [9.17, 15) is 0 Å². The Morgan fingerprint density at radius 2 is 1.89 bits per heavy atom. The highest BCUT2D eigenvalue weighted by molar-refractivity contribution is 9.10. The van der Waals surface area contributed by atoms with Crippen LogP contribution in [0.2, 0.25) is 0 Å². The van der Waals surface area contributed by atoms with E-state index in [-0.39, 0.29) is 0 Å². The fraction of sp³-hybridized carbons (Fsp3) is 0.231. The van der Waals surface area contributed by atoms with Crippen LogP contribution >= 0.6 is 15.9 Å². The van der Waals surface area contributed by atoms with Crippen LogP contribution in [-0.4, -0.2) is 21.9 Å². The molecule has 0 fully saturated rings. The van der Waals surface area contributed by atoms with Crippen LogP contribution in [-0.2, 0) is 13.1 Å². The molecule has 0 spiro atoms. The molecule has 5 nitrogen and oxygen atoms in total. The third-order valence-electron chi connectivity index (χ3n) is 2.65. The molecule has 0 bridgehead atoms. The molecule has 0 saturated carbocycles. The van der Waals surface area contributed by atoms with Crippen LogP contribution in [0, 0.1) is 0 Å². The van der Waals surface area contributed by atoms with E-state index in [0.29, 0.717) is 5.82 Å². The Bertz CT molecular complexity index is 512. The number of hydrogen-bond donors (Lipinski definition) is 2. The summed E-state index contributed by atoms with van der Waals surface area (Å²) in [6.45, 7) is 1.61. The van der Waals surface area contributed by atoms with E-state index in [0.717, 1.165) is 23.3 Å². The van der Waals surface area contributed by atoms with Gasteiger partial charge in [-0.1, -0.05) is 28.1 Å². The maximum Gasteiger partial charge on any atom is 0.158 e. The van der Waals surface area contributed by atoms with Gasteiger partial charge in [0.25, 0.3) is 0 Å². The second-order valence-electron chi connectivity index (χ2n) is 4.34. The van der Waals surface area contributed by atoms with Gasteiger partial charge in [-0.3, -0.25) is 9.88 Å². The lowest BCUT2D eigenvalue weighted by molar-refractivity contribution is 0.314. The first-order valence-corrected chi connectivity index (χ1v) is 6.67. The summed E-state index contributed by atoms with van der Waals surface area (Å²) in [6.07, 6.45) is 3.36. The minimum Gasteiger partial charge on any atom is -0.307 e. The number of aromatic nitrogens is 2. The highest BCUT2D eigenvalue weighted by Gasteiger charge is 2.03. The predicted octanol–water partition coefficient (Wildman–Crippen LogP) is 2.16. The zero-order chi connectivity index (χ0) is 13.7. The minimum atomic E-state index is 0.569. The number of rotatable bonds is 5. The SMILES string of the molecule is CN(Cc1ccc(Br)cc1)Cc1cnc(NN)cn1. The number of hydrogen-bond acceptors (Lipinski definition) is 5. The van der Waals surface area contributed by atoms with Gasteiger partial charge in [-0.25, -0.2) is 10.8 Å². The summed E-state index contributed by atoms with van der Waals surface area (Å²) in [5.74, 6) is 5.82. The summed E-state index contributed by atoms with van der Waals surface area (Å²) in [6, 6.07) is 8.30. The Hall–Kier alpha value is -1.50. The molecule has 0 unspecified atom stereocenters. The largest absolute Gasteiger partial charge is 0.307 e. The van der Waals surface area contributed by atoms with Crippen LogP contribution in [0.5, 0.6) is 0 Å². The van der Waals surface area contributed by atoms with Gasteiger partial charge >= 0.3 is 0 Å². The van der Waals surface area contributed by atoms with Gasteiger partial charge in [0, 0.05) is 17.6 Å². The number of hydrazine groups is 1. The molecule has 2 aromatic rings. The number of halogens is 1. The molecule has 100 valence electrons. The third kappa shape index (κ3) is 4.27. The van der Waals surface area contributed by atoms with Crippen molar-refractivity contribution in [1.82, 2.24) is 14.9 Å². The molecule has 1 aromatic carbocycles. The first kappa shape index (κ1) is 13.9. The highest BCUT2D eigenvalue weighted by Crippen LogP contribution is 2.12. The molecule has 0 radical (unpaired) electrons. The molecule has 0 aliphatic rings. The standard InChI is InChI=1S/C13H16BrN5/c1-19(8-10-2-4-11(14)5-3-10)9-12-6-17-13(18-15)7-16-12/h2-7H,8-9,15H2,1H3,(H,17,18). The van der Waals surface area contributed by atoms with E-state index in [2.05, 4.69) is 55.4 Å². The van der Waals surface area contributed by atoms with Crippen molar-refractivity contribution in [3.05, 3.63) is 52.4 Å². The molecule has 0 aliphatic carbocycles. The van der Waals surface area contributed by atoms with Gasteiger partial charge in [0.05, 0.1) is 18.1 Å². The van der Waals surface area contributed by atoms with Crippen molar-refractivity contribution in [2.45, 2.75) is 13.1 Å². The van der Waals surface area contributed by atoms with Crippen molar-refractivity contribution in [3.8, 4) is 0 Å². The van der Waals surface area contributed by atoms with Gasteiger partial charge in [-0.2, -0.15) is 0 Å². The fourth-order valence-electron chi connectivity index (χ4n) is 1.74. The topological polar surface area (TPSA) is 67.1 Å².